The van der Waals surface area contributed by atoms with Crippen molar-refractivity contribution in [2.24, 2.45) is 0 Å². The molecule has 0 aromatic carbocycles. The molecule has 0 saturated heterocycles. The lowest BCUT2D eigenvalue weighted by Crippen LogP contribution is -2.52. The second-order valence-corrected chi connectivity index (χ2v) is 22.1. The van der Waals surface area contributed by atoms with Crippen molar-refractivity contribution in [2.45, 2.75) is 64.0 Å². The minimum absolute atomic E-state index is 0.328. The second kappa shape index (κ2) is 7.47. The van der Waals surface area contributed by atoms with Crippen molar-refractivity contribution < 1.29 is 0 Å². The number of allylic oxidation sites excluding steroid dienone is 2. The summed E-state index contributed by atoms with van der Waals surface area (Å²) < 4.78 is 0. The Bertz CT molecular complexity index is 227. The highest BCUT2D eigenvalue weighted by atomic mass is 35.7. The van der Waals surface area contributed by atoms with E-state index < -0.39 is 16.1 Å². The van der Waals surface area contributed by atoms with Gasteiger partial charge in [-0.1, -0.05) is 76.0 Å². The highest BCUT2D eigenvalue weighted by Crippen LogP contribution is 2.53. The van der Waals surface area contributed by atoms with E-state index in [1.54, 1.807) is 0 Å². The van der Waals surface area contributed by atoms with Gasteiger partial charge in [0.15, 0.2) is 0 Å². The summed E-state index contributed by atoms with van der Waals surface area (Å²) in [5, 5.41) is 0. The van der Waals surface area contributed by atoms with Gasteiger partial charge in [-0.2, -0.15) is 0 Å². The van der Waals surface area contributed by atoms with E-state index in [1.165, 1.54) is 12.8 Å². The molecule has 4 heteroatoms. The Hall–Kier alpha value is 0.894. The predicted molar refractivity (Wildman–Crippen MR) is 92.2 cm³/mol. The second-order valence-electron chi connectivity index (χ2n) is 6.98. The van der Waals surface area contributed by atoms with Crippen LogP contribution in [-0.2, 0) is 0 Å². The van der Waals surface area contributed by atoms with E-state index in [2.05, 4.69) is 58.4 Å². The van der Waals surface area contributed by atoms with Crippen molar-refractivity contribution in [1.29, 1.82) is 0 Å². The van der Waals surface area contributed by atoms with Crippen LogP contribution in [0.3, 0.4) is 0 Å². The van der Waals surface area contributed by atoms with Crippen LogP contribution in [0, 0.1) is 0 Å². The van der Waals surface area contributed by atoms with Crippen LogP contribution in [-0.4, -0.2) is 27.2 Å². The van der Waals surface area contributed by atoms with Crippen LogP contribution in [0.5, 0.6) is 0 Å². The van der Waals surface area contributed by atoms with E-state index in [4.69, 9.17) is 11.2 Å². The molecule has 0 rings (SSSR count). The third-order valence-corrected chi connectivity index (χ3v) is 20.9. The Morgan fingerprint density at radius 3 is 1.82 bits per heavy atom. The van der Waals surface area contributed by atoms with E-state index in [0.29, 0.717) is 0 Å². The molecule has 0 saturated carbocycles. The Kier molecular flexibility index (Phi) is 7.87. The Balaban J connectivity index is 4.62. The molecule has 1 atom stereocenters. The molecule has 1 unspecified atom stereocenters. The summed E-state index contributed by atoms with van der Waals surface area (Å²) in [6, 6.07) is 0. The molecular weight excluding hydrogens is 279 g/mol. The maximum Gasteiger partial charge on any atom is 0.0506 e. The number of halogens is 1. The predicted octanol–water partition coefficient (Wildman–Crippen LogP) is 6.10. The normalized spacial score (nSPS) is 15.8. The van der Waals surface area contributed by atoms with Crippen molar-refractivity contribution in [1.82, 2.24) is 0 Å². The highest BCUT2D eigenvalue weighted by Gasteiger charge is 2.41. The molecule has 0 heterocycles. The molecule has 0 aliphatic heterocycles. The number of unbranched alkanes of at least 4 members (excludes halogenated alkanes) is 1. The zero-order valence-corrected chi connectivity index (χ0v) is 16.3. The summed E-state index contributed by atoms with van der Waals surface area (Å²) in [5.74, 6) is 0. The van der Waals surface area contributed by atoms with Crippen LogP contribution < -0.4 is 0 Å². The minimum atomic E-state index is -1.13. The molecule has 0 fully saturated rings. The SMILES string of the molecule is CCC/C=C/CP(Cl)C([Si](C)(C)C)[Si](C)(C)C. The van der Waals surface area contributed by atoms with Crippen LogP contribution >= 0.6 is 18.5 Å². The van der Waals surface area contributed by atoms with Gasteiger partial charge in [0.05, 0.1) is 16.1 Å². The summed E-state index contributed by atoms with van der Waals surface area (Å²) >= 11 is 6.78. The van der Waals surface area contributed by atoms with Gasteiger partial charge in [0.25, 0.3) is 0 Å². The number of hydrogen-bond donors (Lipinski definition) is 0. The van der Waals surface area contributed by atoms with Crippen molar-refractivity contribution in [3.8, 4) is 0 Å². The first-order valence-corrected chi connectivity index (χ1v) is 16.3. The van der Waals surface area contributed by atoms with Gasteiger partial charge in [-0.25, -0.2) is 0 Å². The van der Waals surface area contributed by atoms with Gasteiger partial charge in [0.2, 0.25) is 0 Å². The fraction of sp³-hybridized carbons (Fsp3) is 0.846. The van der Waals surface area contributed by atoms with Crippen LogP contribution in [0.15, 0.2) is 12.2 Å². The molecule has 0 aromatic rings. The summed E-state index contributed by atoms with van der Waals surface area (Å²) in [4.78, 5) is 0.859. The van der Waals surface area contributed by atoms with E-state index in [9.17, 15) is 0 Å². The lowest BCUT2D eigenvalue weighted by Gasteiger charge is -2.41. The molecule has 0 bridgehead atoms. The summed E-state index contributed by atoms with van der Waals surface area (Å²) in [6.45, 7) is 17.2. The average Bonchev–Trinajstić information content (AvgIpc) is 2.07. The molecule has 0 radical (unpaired) electrons. The summed E-state index contributed by atoms with van der Waals surface area (Å²) in [6.07, 6.45) is 8.20. The van der Waals surface area contributed by atoms with Gasteiger partial charge in [0, 0.05) is 0 Å². The zero-order valence-electron chi connectivity index (χ0n) is 12.7. The summed E-state index contributed by atoms with van der Waals surface area (Å²) in [5.41, 5.74) is 0. The lowest BCUT2D eigenvalue weighted by molar-refractivity contribution is 0.957. The lowest BCUT2D eigenvalue weighted by atomic mass is 10.3. The highest BCUT2D eigenvalue weighted by molar-refractivity contribution is 7.88. The first kappa shape index (κ1) is 17.9. The molecule has 0 aliphatic carbocycles. The fourth-order valence-corrected chi connectivity index (χ4v) is 26.5. The first-order valence-electron chi connectivity index (χ1n) is 6.68. The van der Waals surface area contributed by atoms with E-state index in [0.717, 1.165) is 11.1 Å². The zero-order chi connectivity index (χ0) is 13.7. The molecule has 0 amide bonds. The van der Waals surface area contributed by atoms with E-state index >= 15 is 0 Å². The van der Waals surface area contributed by atoms with Crippen LogP contribution in [0.25, 0.3) is 0 Å². The molecule has 0 spiro atoms. The largest absolute Gasteiger partial charge is 0.0964 e. The number of rotatable bonds is 7. The van der Waals surface area contributed by atoms with E-state index in [1.807, 2.05) is 0 Å². The fourth-order valence-electron chi connectivity index (χ4n) is 2.70. The van der Waals surface area contributed by atoms with Crippen LogP contribution in [0.2, 0.25) is 39.3 Å². The van der Waals surface area contributed by atoms with Crippen molar-refractivity contribution in [2.75, 3.05) is 6.16 Å². The van der Waals surface area contributed by atoms with Crippen molar-refractivity contribution in [3.05, 3.63) is 12.2 Å². The van der Waals surface area contributed by atoms with Crippen LogP contribution in [0.1, 0.15) is 19.8 Å². The Morgan fingerprint density at radius 1 is 1.00 bits per heavy atom. The maximum atomic E-state index is 6.78. The topological polar surface area (TPSA) is 0 Å². The molecule has 0 aliphatic rings. The Labute approximate surface area is 117 Å². The van der Waals surface area contributed by atoms with Gasteiger partial charge in [-0.15, -0.1) is 0 Å². The molecule has 17 heavy (non-hydrogen) atoms. The molecular formula is C13H30ClPSi2. The van der Waals surface area contributed by atoms with Crippen LogP contribution in [0.4, 0.5) is 0 Å². The maximum absolute atomic E-state index is 6.78. The molecule has 0 aromatic heterocycles. The van der Waals surface area contributed by atoms with Gasteiger partial charge in [-0.05, 0) is 24.8 Å². The third-order valence-electron chi connectivity index (χ3n) is 2.82. The molecule has 0 nitrogen and oxygen atoms in total. The van der Waals surface area contributed by atoms with Gasteiger partial charge < -0.3 is 0 Å². The van der Waals surface area contributed by atoms with Crippen molar-refractivity contribution in [3.63, 3.8) is 0 Å². The standard InChI is InChI=1S/C13H30ClPSi2/c1-8-9-10-11-12-15(14)13(16(2,3)4)17(5,6)7/h10-11,13H,8-9,12H2,1-7H3/b11-10+. The molecule has 102 valence electrons. The average molecular weight is 309 g/mol. The quantitative estimate of drug-likeness (QED) is 0.303. The Morgan fingerprint density at radius 2 is 1.47 bits per heavy atom. The smallest absolute Gasteiger partial charge is 0.0506 e. The van der Waals surface area contributed by atoms with E-state index in [-0.39, 0.29) is 7.27 Å². The first-order chi connectivity index (χ1) is 7.60. The summed E-state index contributed by atoms with van der Waals surface area (Å²) in [7, 11) is -2.59. The van der Waals surface area contributed by atoms with Gasteiger partial charge in [-0.3, -0.25) is 0 Å². The van der Waals surface area contributed by atoms with Gasteiger partial charge >= 0.3 is 0 Å². The third kappa shape index (κ3) is 7.15. The molecule has 0 N–H and O–H groups in total. The monoisotopic (exact) mass is 308 g/mol. The number of hydrogen-bond acceptors (Lipinski definition) is 0. The minimum Gasteiger partial charge on any atom is -0.0964 e. The van der Waals surface area contributed by atoms with Crippen molar-refractivity contribution >= 4 is 34.7 Å². The van der Waals surface area contributed by atoms with Gasteiger partial charge in [0.1, 0.15) is 0 Å².